The zero-order valence-electron chi connectivity index (χ0n) is 13.6. The van der Waals surface area contributed by atoms with Crippen LogP contribution in [0.25, 0.3) is 0 Å². The third-order valence-corrected chi connectivity index (χ3v) is 4.06. The van der Waals surface area contributed by atoms with E-state index < -0.39 is 4.92 Å². The summed E-state index contributed by atoms with van der Waals surface area (Å²) in [5, 5.41) is 14.6. The van der Waals surface area contributed by atoms with Crippen LogP contribution in [0.1, 0.15) is 28.8 Å². The Bertz CT molecular complexity index is 796. The van der Waals surface area contributed by atoms with Crippen molar-refractivity contribution < 1.29 is 9.72 Å². The highest BCUT2D eigenvalue weighted by molar-refractivity contribution is 5.95. The zero-order chi connectivity index (χ0) is 17.6. The number of anilines is 1. The first-order chi connectivity index (χ1) is 12.1. The first-order valence-electron chi connectivity index (χ1n) is 8.06. The largest absolute Gasteiger partial charge is 0.372 e. The SMILES string of the molecule is O=C(N/N=C\c1cccc([N+](=O)[O-])c1)c1ccc(N2CCCC2)cc1. The number of rotatable bonds is 5. The Morgan fingerprint density at radius 3 is 2.56 bits per heavy atom. The molecule has 1 N–H and O–H groups in total. The molecule has 0 radical (unpaired) electrons. The summed E-state index contributed by atoms with van der Waals surface area (Å²) in [4.78, 5) is 24.6. The minimum atomic E-state index is -0.474. The van der Waals surface area contributed by atoms with Crippen molar-refractivity contribution >= 4 is 23.5 Å². The molecule has 0 bridgehead atoms. The topological polar surface area (TPSA) is 87.8 Å². The highest BCUT2D eigenvalue weighted by Gasteiger charge is 2.12. The number of nitrogens with zero attached hydrogens (tertiary/aromatic N) is 3. The molecule has 2 aromatic carbocycles. The maximum absolute atomic E-state index is 12.1. The molecule has 1 fully saturated rings. The molecule has 1 saturated heterocycles. The number of nitro groups is 1. The number of non-ortho nitro benzene ring substituents is 1. The Labute approximate surface area is 145 Å². The summed E-state index contributed by atoms with van der Waals surface area (Å²) in [5.41, 5.74) is 4.58. The van der Waals surface area contributed by atoms with Crippen LogP contribution >= 0.6 is 0 Å². The first kappa shape index (κ1) is 16.6. The van der Waals surface area contributed by atoms with Crippen molar-refractivity contribution in [1.29, 1.82) is 0 Å². The van der Waals surface area contributed by atoms with Gasteiger partial charge in [-0.15, -0.1) is 0 Å². The molecule has 0 saturated carbocycles. The molecule has 3 rings (SSSR count). The fourth-order valence-corrected chi connectivity index (χ4v) is 2.75. The number of carbonyl (C=O) groups is 1. The molecule has 7 nitrogen and oxygen atoms in total. The van der Waals surface area contributed by atoms with Crippen LogP contribution in [-0.2, 0) is 0 Å². The van der Waals surface area contributed by atoms with E-state index in [9.17, 15) is 14.9 Å². The number of nitro benzene ring substituents is 1. The van der Waals surface area contributed by atoms with Crippen LogP contribution < -0.4 is 10.3 Å². The Hall–Kier alpha value is -3.22. The number of carbonyl (C=O) groups excluding carboxylic acids is 1. The van der Waals surface area contributed by atoms with Gasteiger partial charge in [0.1, 0.15) is 0 Å². The molecule has 0 unspecified atom stereocenters. The van der Waals surface area contributed by atoms with Crippen LogP contribution in [0.2, 0.25) is 0 Å². The third-order valence-electron chi connectivity index (χ3n) is 4.06. The monoisotopic (exact) mass is 338 g/mol. The maximum Gasteiger partial charge on any atom is 0.271 e. The van der Waals surface area contributed by atoms with Gasteiger partial charge in [-0.25, -0.2) is 5.43 Å². The summed E-state index contributed by atoms with van der Waals surface area (Å²) in [7, 11) is 0. The summed E-state index contributed by atoms with van der Waals surface area (Å²) < 4.78 is 0. The quantitative estimate of drug-likeness (QED) is 0.516. The molecule has 1 heterocycles. The molecule has 0 aromatic heterocycles. The van der Waals surface area contributed by atoms with Crippen molar-refractivity contribution in [2.75, 3.05) is 18.0 Å². The molecule has 2 aromatic rings. The highest BCUT2D eigenvalue weighted by atomic mass is 16.6. The van der Waals surface area contributed by atoms with Crippen LogP contribution in [0.3, 0.4) is 0 Å². The number of amides is 1. The predicted octanol–water partition coefficient (Wildman–Crippen LogP) is 2.96. The van der Waals surface area contributed by atoms with Gasteiger partial charge >= 0.3 is 0 Å². The minimum Gasteiger partial charge on any atom is -0.372 e. The van der Waals surface area contributed by atoms with Crippen molar-refractivity contribution in [1.82, 2.24) is 5.43 Å². The van der Waals surface area contributed by atoms with Crippen molar-refractivity contribution in [3.05, 3.63) is 69.8 Å². The van der Waals surface area contributed by atoms with Gasteiger partial charge in [-0.3, -0.25) is 14.9 Å². The van der Waals surface area contributed by atoms with Gasteiger partial charge in [0.25, 0.3) is 11.6 Å². The fraction of sp³-hybridized carbons (Fsp3) is 0.222. The van der Waals surface area contributed by atoms with Crippen LogP contribution in [0.5, 0.6) is 0 Å². The standard InChI is InChI=1S/C18H18N4O3/c23-18(15-6-8-16(9-7-15)21-10-1-2-11-21)20-19-13-14-4-3-5-17(12-14)22(24)25/h3-9,12-13H,1-2,10-11H2,(H,20,23)/b19-13-. The summed E-state index contributed by atoms with van der Waals surface area (Å²) in [6.45, 7) is 2.11. The number of hydrogen-bond donors (Lipinski definition) is 1. The lowest BCUT2D eigenvalue weighted by Gasteiger charge is -2.17. The second-order valence-electron chi connectivity index (χ2n) is 5.79. The van der Waals surface area contributed by atoms with Crippen molar-refractivity contribution in [3.8, 4) is 0 Å². The van der Waals surface area contributed by atoms with Gasteiger partial charge in [-0.1, -0.05) is 12.1 Å². The molecule has 7 heteroatoms. The van der Waals surface area contributed by atoms with E-state index in [0.717, 1.165) is 18.8 Å². The van der Waals surface area contributed by atoms with Crippen LogP contribution in [0.15, 0.2) is 53.6 Å². The van der Waals surface area contributed by atoms with E-state index in [1.54, 1.807) is 24.3 Å². The average Bonchev–Trinajstić information content (AvgIpc) is 3.17. The average molecular weight is 338 g/mol. The molecule has 0 aliphatic carbocycles. The van der Waals surface area contributed by atoms with E-state index in [-0.39, 0.29) is 11.6 Å². The molecular weight excluding hydrogens is 320 g/mol. The summed E-state index contributed by atoms with van der Waals surface area (Å²) >= 11 is 0. The van der Waals surface area contributed by atoms with E-state index in [0.29, 0.717) is 11.1 Å². The van der Waals surface area contributed by atoms with Gasteiger partial charge in [0.2, 0.25) is 0 Å². The molecule has 1 amide bonds. The normalized spacial score (nSPS) is 14.0. The third kappa shape index (κ3) is 4.20. The second kappa shape index (κ2) is 7.57. The Morgan fingerprint density at radius 1 is 1.16 bits per heavy atom. The Kier molecular flexibility index (Phi) is 5.03. The Balaban J connectivity index is 1.60. The summed E-state index contributed by atoms with van der Waals surface area (Å²) in [6.07, 6.45) is 3.78. The molecule has 0 spiro atoms. The van der Waals surface area contributed by atoms with Crippen LogP contribution in [0.4, 0.5) is 11.4 Å². The lowest BCUT2D eigenvalue weighted by molar-refractivity contribution is -0.384. The molecular formula is C18H18N4O3. The molecule has 128 valence electrons. The lowest BCUT2D eigenvalue weighted by Crippen LogP contribution is -2.19. The van der Waals surface area contributed by atoms with E-state index >= 15 is 0 Å². The van der Waals surface area contributed by atoms with Crippen LogP contribution in [0, 0.1) is 10.1 Å². The predicted molar refractivity (Wildman–Crippen MR) is 96.0 cm³/mol. The smallest absolute Gasteiger partial charge is 0.271 e. The molecule has 1 aliphatic rings. The fourth-order valence-electron chi connectivity index (χ4n) is 2.75. The van der Waals surface area contributed by atoms with Gasteiger partial charge < -0.3 is 4.90 Å². The lowest BCUT2D eigenvalue weighted by atomic mass is 10.2. The highest BCUT2D eigenvalue weighted by Crippen LogP contribution is 2.20. The van der Waals surface area contributed by atoms with Gasteiger partial charge in [0.05, 0.1) is 11.1 Å². The second-order valence-corrected chi connectivity index (χ2v) is 5.79. The van der Waals surface area contributed by atoms with Gasteiger partial charge in [-0.2, -0.15) is 5.10 Å². The first-order valence-corrected chi connectivity index (χ1v) is 8.06. The number of hydrogen-bond acceptors (Lipinski definition) is 5. The van der Waals surface area contributed by atoms with Crippen molar-refractivity contribution in [2.24, 2.45) is 5.10 Å². The van der Waals surface area contributed by atoms with E-state index in [1.165, 1.54) is 31.2 Å². The maximum atomic E-state index is 12.1. The Morgan fingerprint density at radius 2 is 1.88 bits per heavy atom. The number of benzene rings is 2. The number of hydrazone groups is 1. The van der Waals surface area contributed by atoms with Crippen molar-refractivity contribution in [3.63, 3.8) is 0 Å². The van der Waals surface area contributed by atoms with Gasteiger partial charge in [-0.05, 0) is 37.1 Å². The molecule has 1 aliphatic heterocycles. The zero-order valence-corrected chi connectivity index (χ0v) is 13.6. The van der Waals surface area contributed by atoms with Gasteiger partial charge in [0.15, 0.2) is 0 Å². The van der Waals surface area contributed by atoms with Crippen molar-refractivity contribution in [2.45, 2.75) is 12.8 Å². The molecule has 25 heavy (non-hydrogen) atoms. The molecule has 0 atom stereocenters. The number of nitrogens with one attached hydrogen (secondary N) is 1. The van der Waals surface area contributed by atoms with Crippen LogP contribution in [-0.4, -0.2) is 30.1 Å². The van der Waals surface area contributed by atoms with Gasteiger partial charge in [0, 0.05) is 42.0 Å². The summed E-state index contributed by atoms with van der Waals surface area (Å²) in [6, 6.07) is 13.4. The van der Waals surface area contributed by atoms with E-state index in [2.05, 4.69) is 15.4 Å². The minimum absolute atomic E-state index is 0.0206. The van der Waals surface area contributed by atoms with E-state index in [4.69, 9.17) is 0 Å². The summed E-state index contributed by atoms with van der Waals surface area (Å²) in [5.74, 6) is -0.324. The van der Waals surface area contributed by atoms with E-state index in [1.807, 2.05) is 12.1 Å².